The van der Waals surface area contributed by atoms with Crippen molar-refractivity contribution in [3.63, 3.8) is 0 Å². The van der Waals surface area contributed by atoms with Gasteiger partial charge in [-0.25, -0.2) is 13.2 Å². The number of methoxy groups -OCH3 is 1. The van der Waals surface area contributed by atoms with Crippen LogP contribution in [0.3, 0.4) is 0 Å². The van der Waals surface area contributed by atoms with E-state index in [1.165, 1.54) is 31.4 Å². The van der Waals surface area contributed by atoms with Crippen LogP contribution in [0.4, 0.5) is 5.69 Å². The maximum atomic E-state index is 12.0. The molecule has 0 atom stereocenters. The normalized spacial score (nSPS) is 11.7. The summed E-state index contributed by atoms with van der Waals surface area (Å²) >= 11 is 0. The maximum Gasteiger partial charge on any atom is 0.337 e. The summed E-state index contributed by atoms with van der Waals surface area (Å²) in [7, 11) is -2.39. The van der Waals surface area contributed by atoms with E-state index in [9.17, 15) is 18.0 Å². The van der Waals surface area contributed by atoms with Crippen molar-refractivity contribution < 1.29 is 22.7 Å². The van der Waals surface area contributed by atoms with E-state index in [-0.39, 0.29) is 6.54 Å². The lowest BCUT2D eigenvalue weighted by Crippen LogP contribution is -2.47. The minimum Gasteiger partial charge on any atom is -0.465 e. The van der Waals surface area contributed by atoms with Crippen LogP contribution < -0.4 is 9.62 Å². The van der Waals surface area contributed by atoms with Crippen molar-refractivity contribution in [1.29, 1.82) is 0 Å². The van der Waals surface area contributed by atoms with Crippen molar-refractivity contribution in [2.75, 3.05) is 24.2 Å². The molecule has 1 rings (SSSR count). The number of nitrogens with zero attached hydrogens (tertiary/aromatic N) is 1. The Labute approximate surface area is 136 Å². The summed E-state index contributed by atoms with van der Waals surface area (Å²) in [5, 5.41) is 2.71. The first-order valence-corrected chi connectivity index (χ1v) is 8.76. The number of sulfonamides is 1. The van der Waals surface area contributed by atoms with Gasteiger partial charge in [0.1, 0.15) is 6.54 Å². The molecular weight excluding hydrogens is 320 g/mol. The van der Waals surface area contributed by atoms with Crippen molar-refractivity contribution in [2.45, 2.75) is 26.3 Å². The molecule has 1 amide bonds. The van der Waals surface area contributed by atoms with E-state index >= 15 is 0 Å². The number of ether oxygens (including phenoxy) is 1. The van der Waals surface area contributed by atoms with E-state index in [1.54, 1.807) is 20.8 Å². The van der Waals surface area contributed by atoms with Crippen molar-refractivity contribution >= 4 is 27.6 Å². The van der Waals surface area contributed by atoms with Crippen molar-refractivity contribution in [3.05, 3.63) is 29.8 Å². The van der Waals surface area contributed by atoms with Crippen LogP contribution in [0.25, 0.3) is 0 Å². The average molecular weight is 342 g/mol. The Morgan fingerprint density at radius 1 is 1.17 bits per heavy atom. The van der Waals surface area contributed by atoms with Gasteiger partial charge in [0.05, 0.1) is 24.6 Å². The Kier molecular flexibility index (Phi) is 5.76. The van der Waals surface area contributed by atoms with E-state index in [0.717, 1.165) is 10.6 Å². The Hall–Kier alpha value is -2.09. The predicted molar refractivity (Wildman–Crippen MR) is 87.9 cm³/mol. The first-order chi connectivity index (χ1) is 10.4. The van der Waals surface area contributed by atoms with E-state index < -0.39 is 27.4 Å². The molecule has 0 spiro atoms. The van der Waals surface area contributed by atoms with Gasteiger partial charge in [0.25, 0.3) is 0 Å². The van der Waals surface area contributed by atoms with Crippen molar-refractivity contribution in [2.24, 2.45) is 0 Å². The standard InChI is InChI=1S/C15H22N2O5S/c1-15(2,3)16-13(18)10-17(23(5,20)21)12-8-6-11(7-9-12)14(19)22-4/h6-9H,10H2,1-5H3,(H,16,18). The highest BCUT2D eigenvalue weighted by Gasteiger charge is 2.23. The van der Waals surface area contributed by atoms with Crippen LogP contribution in [0.1, 0.15) is 31.1 Å². The van der Waals surface area contributed by atoms with Gasteiger partial charge in [0.2, 0.25) is 15.9 Å². The molecule has 0 aromatic heterocycles. The third-order valence-electron chi connectivity index (χ3n) is 2.78. The predicted octanol–water partition coefficient (Wildman–Crippen LogP) is 1.15. The molecule has 0 bridgehead atoms. The summed E-state index contributed by atoms with van der Waals surface area (Å²) in [6.07, 6.45) is 1.02. The lowest BCUT2D eigenvalue weighted by Gasteiger charge is -2.25. The zero-order valence-corrected chi connectivity index (χ0v) is 14.7. The Morgan fingerprint density at radius 3 is 2.09 bits per heavy atom. The van der Waals surface area contributed by atoms with Crippen LogP contribution in [0, 0.1) is 0 Å². The SMILES string of the molecule is COC(=O)c1ccc(N(CC(=O)NC(C)(C)C)S(C)(=O)=O)cc1. The van der Waals surface area contributed by atoms with Gasteiger partial charge >= 0.3 is 5.97 Å². The molecular formula is C15H22N2O5S. The quantitative estimate of drug-likeness (QED) is 0.811. The molecule has 0 radical (unpaired) electrons. The van der Waals surface area contributed by atoms with E-state index in [4.69, 9.17) is 0 Å². The molecule has 0 saturated carbocycles. The number of nitrogens with one attached hydrogen (secondary N) is 1. The number of benzene rings is 1. The van der Waals surface area contributed by atoms with Gasteiger partial charge in [-0.05, 0) is 45.0 Å². The minimum atomic E-state index is -3.65. The second-order valence-corrected chi connectivity index (χ2v) is 8.01. The first-order valence-electron chi connectivity index (χ1n) is 6.91. The topological polar surface area (TPSA) is 92.8 Å². The van der Waals surface area contributed by atoms with Gasteiger partial charge in [-0.3, -0.25) is 9.10 Å². The third-order valence-corrected chi connectivity index (χ3v) is 3.92. The Balaban J connectivity index is 3.04. The largest absolute Gasteiger partial charge is 0.465 e. The molecule has 23 heavy (non-hydrogen) atoms. The zero-order valence-electron chi connectivity index (χ0n) is 13.9. The molecule has 1 aromatic carbocycles. The number of hydrogen-bond acceptors (Lipinski definition) is 5. The lowest BCUT2D eigenvalue weighted by molar-refractivity contribution is -0.121. The molecule has 8 heteroatoms. The van der Waals surface area contributed by atoms with Gasteiger partial charge in [0.15, 0.2) is 0 Å². The Morgan fingerprint density at radius 2 is 1.70 bits per heavy atom. The number of carbonyl (C=O) groups is 2. The van der Waals surface area contributed by atoms with E-state index in [1.807, 2.05) is 0 Å². The fourth-order valence-corrected chi connectivity index (χ4v) is 2.73. The number of anilines is 1. The van der Waals surface area contributed by atoms with E-state index in [2.05, 4.69) is 10.1 Å². The summed E-state index contributed by atoms with van der Waals surface area (Å²) in [6, 6.07) is 5.80. The van der Waals surface area contributed by atoms with Gasteiger partial charge in [0, 0.05) is 5.54 Å². The number of amides is 1. The van der Waals surface area contributed by atoms with Crippen LogP contribution in [0.2, 0.25) is 0 Å². The van der Waals surface area contributed by atoms with Crippen LogP contribution in [-0.2, 0) is 19.6 Å². The molecule has 0 aliphatic rings. The fourth-order valence-electron chi connectivity index (χ4n) is 1.87. The molecule has 0 aliphatic heterocycles. The molecule has 0 saturated heterocycles. The first kappa shape index (κ1) is 19.0. The van der Waals surface area contributed by atoms with Crippen LogP contribution in [-0.4, -0.2) is 45.7 Å². The summed E-state index contributed by atoms with van der Waals surface area (Å²) < 4.78 is 29.5. The lowest BCUT2D eigenvalue weighted by atomic mass is 10.1. The molecule has 0 aliphatic carbocycles. The molecule has 0 fully saturated rings. The van der Waals surface area contributed by atoms with E-state index in [0.29, 0.717) is 11.3 Å². The number of rotatable bonds is 5. The van der Waals surface area contributed by atoms with Crippen molar-refractivity contribution in [3.8, 4) is 0 Å². The smallest absolute Gasteiger partial charge is 0.337 e. The molecule has 0 unspecified atom stereocenters. The molecule has 128 valence electrons. The van der Waals surface area contributed by atoms with Crippen LogP contribution >= 0.6 is 0 Å². The maximum absolute atomic E-state index is 12.0. The monoisotopic (exact) mass is 342 g/mol. The van der Waals surface area contributed by atoms with Gasteiger partial charge in [-0.2, -0.15) is 0 Å². The second kappa shape index (κ2) is 6.99. The summed E-state index contributed by atoms with van der Waals surface area (Å²) in [6.45, 7) is 5.08. The average Bonchev–Trinajstić information content (AvgIpc) is 2.41. The van der Waals surface area contributed by atoms with Gasteiger partial charge in [-0.15, -0.1) is 0 Å². The highest BCUT2D eigenvalue weighted by atomic mass is 32.2. The molecule has 0 heterocycles. The Bertz CT molecular complexity index is 675. The number of carbonyl (C=O) groups excluding carboxylic acids is 2. The minimum absolute atomic E-state index is 0.295. The second-order valence-electron chi connectivity index (χ2n) is 6.11. The molecule has 1 N–H and O–H groups in total. The zero-order chi connectivity index (χ0) is 17.8. The van der Waals surface area contributed by atoms with Crippen molar-refractivity contribution in [1.82, 2.24) is 5.32 Å². The highest BCUT2D eigenvalue weighted by Crippen LogP contribution is 2.18. The van der Waals surface area contributed by atoms with Crippen LogP contribution in [0.15, 0.2) is 24.3 Å². The number of hydrogen-bond donors (Lipinski definition) is 1. The molecule has 1 aromatic rings. The summed E-state index contributed by atoms with van der Waals surface area (Å²) in [4.78, 5) is 23.4. The van der Waals surface area contributed by atoms with Crippen LogP contribution in [0.5, 0.6) is 0 Å². The number of esters is 1. The van der Waals surface area contributed by atoms with Gasteiger partial charge < -0.3 is 10.1 Å². The fraction of sp³-hybridized carbons (Fsp3) is 0.467. The molecule has 7 nitrogen and oxygen atoms in total. The summed E-state index contributed by atoms with van der Waals surface area (Å²) in [5.74, 6) is -0.937. The highest BCUT2D eigenvalue weighted by molar-refractivity contribution is 7.92. The summed E-state index contributed by atoms with van der Waals surface area (Å²) in [5.41, 5.74) is 0.127. The third kappa shape index (κ3) is 5.90. The van der Waals surface area contributed by atoms with Gasteiger partial charge in [-0.1, -0.05) is 0 Å².